The van der Waals surface area contributed by atoms with E-state index in [9.17, 15) is 0 Å². The molecule has 0 aliphatic heterocycles. The molecule has 6 nitrogen and oxygen atoms in total. The van der Waals surface area contributed by atoms with Gasteiger partial charge in [-0.3, -0.25) is 5.43 Å². The molecule has 0 unspecified atom stereocenters. The zero-order chi connectivity index (χ0) is 15.4. The molecule has 104 valence electrons. The number of halogens is 1. The van der Waals surface area contributed by atoms with Crippen molar-refractivity contribution in [3.8, 4) is 17.8 Å². The van der Waals surface area contributed by atoms with E-state index in [4.69, 9.17) is 22.1 Å². The molecule has 7 heteroatoms. The molecule has 1 heterocycles. The number of hydrazone groups is 1. The van der Waals surface area contributed by atoms with Gasteiger partial charge in [-0.05, 0) is 38.1 Å². The van der Waals surface area contributed by atoms with Crippen molar-refractivity contribution in [2.75, 3.05) is 5.43 Å². The van der Waals surface area contributed by atoms with E-state index < -0.39 is 0 Å². The quantitative estimate of drug-likeness (QED) is 0.696. The number of nitrogens with zero attached hydrogens (tertiary/aromatic N) is 5. The van der Waals surface area contributed by atoms with Gasteiger partial charge in [0.15, 0.2) is 0 Å². The molecule has 0 bridgehead atoms. The Balaban J connectivity index is 2.31. The van der Waals surface area contributed by atoms with Gasteiger partial charge < -0.3 is 0 Å². The van der Waals surface area contributed by atoms with Gasteiger partial charge in [0.05, 0.1) is 22.1 Å². The number of aromatic nitrogens is 2. The smallest absolute Gasteiger partial charge is 0.237 e. The topological polar surface area (TPSA) is 89.8 Å². The fourth-order valence-electron chi connectivity index (χ4n) is 1.82. The molecular formula is C14H11ClN6. The Hall–Kier alpha value is -2.83. The molecule has 2 rings (SSSR count). The van der Waals surface area contributed by atoms with E-state index in [0.29, 0.717) is 10.7 Å². The van der Waals surface area contributed by atoms with Gasteiger partial charge in [0.2, 0.25) is 5.71 Å². The van der Waals surface area contributed by atoms with Crippen molar-refractivity contribution in [2.45, 2.75) is 13.8 Å². The first kappa shape index (κ1) is 14.6. The molecule has 0 saturated carbocycles. The molecule has 0 aliphatic carbocycles. The van der Waals surface area contributed by atoms with E-state index in [1.54, 1.807) is 35.0 Å². The van der Waals surface area contributed by atoms with E-state index >= 15 is 0 Å². The van der Waals surface area contributed by atoms with Crippen LogP contribution in [-0.4, -0.2) is 15.5 Å². The molecule has 21 heavy (non-hydrogen) atoms. The number of rotatable bonds is 3. The maximum atomic E-state index is 8.60. The monoisotopic (exact) mass is 298 g/mol. The number of aryl methyl sites for hydroxylation is 2. The SMILES string of the molecule is Cc1cc(C)n(-c2ccc(NN=C(C#N)C#N)cc2Cl)n1. The number of nitrogens with one attached hydrogen (secondary N) is 1. The first-order valence-corrected chi connectivity index (χ1v) is 6.40. The highest BCUT2D eigenvalue weighted by Gasteiger charge is 2.08. The summed E-state index contributed by atoms with van der Waals surface area (Å²) in [6.45, 7) is 3.85. The molecule has 0 atom stereocenters. The molecule has 0 saturated heterocycles. The Morgan fingerprint density at radius 3 is 2.52 bits per heavy atom. The lowest BCUT2D eigenvalue weighted by atomic mass is 10.3. The Morgan fingerprint density at radius 1 is 1.29 bits per heavy atom. The minimum atomic E-state index is -0.256. The molecule has 1 N–H and O–H groups in total. The molecule has 0 aliphatic rings. The van der Waals surface area contributed by atoms with Gasteiger partial charge in [-0.2, -0.15) is 20.7 Å². The predicted molar refractivity (Wildman–Crippen MR) is 80.3 cm³/mol. The van der Waals surface area contributed by atoms with Gasteiger partial charge in [0, 0.05) is 5.69 Å². The molecule has 0 spiro atoms. The predicted octanol–water partition coefficient (Wildman–Crippen LogP) is 2.96. The first-order valence-electron chi connectivity index (χ1n) is 6.02. The largest absolute Gasteiger partial charge is 0.276 e. The van der Waals surface area contributed by atoms with Crippen molar-refractivity contribution in [1.82, 2.24) is 9.78 Å². The van der Waals surface area contributed by atoms with Crippen LogP contribution in [0.3, 0.4) is 0 Å². The summed E-state index contributed by atoms with van der Waals surface area (Å²) in [4.78, 5) is 0. The fourth-order valence-corrected chi connectivity index (χ4v) is 2.08. The summed E-state index contributed by atoms with van der Waals surface area (Å²) in [5.74, 6) is 0. The number of benzene rings is 1. The van der Waals surface area contributed by atoms with Gasteiger partial charge in [-0.15, -0.1) is 0 Å². The van der Waals surface area contributed by atoms with E-state index in [0.717, 1.165) is 17.1 Å². The summed E-state index contributed by atoms with van der Waals surface area (Å²) in [5.41, 5.74) is 5.57. The van der Waals surface area contributed by atoms with Crippen molar-refractivity contribution in [3.63, 3.8) is 0 Å². The first-order chi connectivity index (χ1) is 10.0. The van der Waals surface area contributed by atoms with Crippen LogP contribution in [0.2, 0.25) is 5.02 Å². The lowest BCUT2D eigenvalue weighted by Gasteiger charge is -2.08. The molecule has 0 amide bonds. The van der Waals surface area contributed by atoms with Gasteiger partial charge in [-0.25, -0.2) is 4.68 Å². The Morgan fingerprint density at radius 2 is 2.00 bits per heavy atom. The highest BCUT2D eigenvalue weighted by Crippen LogP contribution is 2.25. The third kappa shape index (κ3) is 3.19. The van der Waals surface area contributed by atoms with Crippen LogP contribution < -0.4 is 5.43 Å². The lowest BCUT2D eigenvalue weighted by Crippen LogP contribution is -2.01. The second-order valence-corrected chi connectivity index (χ2v) is 4.71. The minimum absolute atomic E-state index is 0.256. The third-order valence-electron chi connectivity index (χ3n) is 2.69. The van der Waals surface area contributed by atoms with Crippen LogP contribution in [0.1, 0.15) is 11.4 Å². The van der Waals surface area contributed by atoms with E-state index in [1.807, 2.05) is 19.9 Å². The highest BCUT2D eigenvalue weighted by molar-refractivity contribution is 6.32. The van der Waals surface area contributed by atoms with Gasteiger partial charge >= 0.3 is 0 Å². The standard InChI is InChI=1S/C14H11ClN6/c1-9-5-10(2)21(20-9)14-4-3-11(6-13(14)15)18-19-12(7-16)8-17/h3-6,18H,1-2H3. The van der Waals surface area contributed by atoms with Gasteiger partial charge in [0.25, 0.3) is 0 Å². The number of hydrogen-bond acceptors (Lipinski definition) is 5. The van der Waals surface area contributed by atoms with Crippen LogP contribution in [0, 0.1) is 36.5 Å². The van der Waals surface area contributed by atoms with Crippen molar-refractivity contribution in [3.05, 3.63) is 40.7 Å². The fraction of sp³-hybridized carbons (Fsp3) is 0.143. The van der Waals surface area contributed by atoms with Crippen molar-refractivity contribution < 1.29 is 0 Å². The Bertz CT molecular complexity index is 775. The lowest BCUT2D eigenvalue weighted by molar-refractivity contribution is 0.834. The Labute approximate surface area is 126 Å². The normalized spacial score (nSPS) is 9.57. The third-order valence-corrected chi connectivity index (χ3v) is 3.00. The van der Waals surface area contributed by atoms with Gasteiger partial charge in [0.1, 0.15) is 12.1 Å². The molecule has 0 fully saturated rings. The molecule has 1 aromatic carbocycles. The summed E-state index contributed by atoms with van der Waals surface area (Å²) in [6.07, 6.45) is 0. The maximum Gasteiger partial charge on any atom is 0.237 e. The summed E-state index contributed by atoms with van der Waals surface area (Å²) in [7, 11) is 0. The van der Waals surface area contributed by atoms with E-state index in [-0.39, 0.29) is 5.71 Å². The summed E-state index contributed by atoms with van der Waals surface area (Å²) >= 11 is 6.25. The van der Waals surface area contributed by atoms with E-state index in [2.05, 4.69) is 15.6 Å². The number of nitriles is 2. The van der Waals surface area contributed by atoms with Crippen molar-refractivity contribution >= 4 is 23.0 Å². The van der Waals surface area contributed by atoms with Crippen LogP contribution >= 0.6 is 11.6 Å². The number of anilines is 1. The summed E-state index contributed by atoms with van der Waals surface area (Å²) in [5, 5.41) is 25.7. The van der Waals surface area contributed by atoms with Crippen LogP contribution in [0.4, 0.5) is 5.69 Å². The molecule has 1 aromatic heterocycles. The maximum absolute atomic E-state index is 8.60. The van der Waals surface area contributed by atoms with Crippen LogP contribution in [0.25, 0.3) is 5.69 Å². The second-order valence-electron chi connectivity index (χ2n) is 4.30. The average Bonchev–Trinajstić information content (AvgIpc) is 2.79. The minimum Gasteiger partial charge on any atom is -0.276 e. The molecular weight excluding hydrogens is 288 g/mol. The summed E-state index contributed by atoms with van der Waals surface area (Å²) < 4.78 is 1.75. The van der Waals surface area contributed by atoms with Crippen LogP contribution in [0.5, 0.6) is 0 Å². The van der Waals surface area contributed by atoms with Crippen LogP contribution in [0.15, 0.2) is 29.4 Å². The van der Waals surface area contributed by atoms with E-state index in [1.165, 1.54) is 0 Å². The second kappa shape index (κ2) is 6.08. The van der Waals surface area contributed by atoms with Crippen LogP contribution in [-0.2, 0) is 0 Å². The summed E-state index contributed by atoms with van der Waals surface area (Å²) in [6, 6.07) is 10.5. The molecule has 0 radical (unpaired) electrons. The van der Waals surface area contributed by atoms with Crippen molar-refractivity contribution in [1.29, 1.82) is 10.5 Å². The molecule has 2 aromatic rings. The Kier molecular flexibility index (Phi) is 4.22. The zero-order valence-electron chi connectivity index (χ0n) is 11.4. The number of hydrogen-bond donors (Lipinski definition) is 1. The highest BCUT2D eigenvalue weighted by atomic mass is 35.5. The zero-order valence-corrected chi connectivity index (χ0v) is 12.2. The average molecular weight is 299 g/mol. The van der Waals surface area contributed by atoms with Crippen molar-refractivity contribution in [2.24, 2.45) is 5.10 Å². The van der Waals surface area contributed by atoms with Gasteiger partial charge in [-0.1, -0.05) is 11.6 Å².